The number of aryl methyl sites for hydroxylation is 2. The molecular weight excluding hydrogens is 381 g/mol. The summed E-state index contributed by atoms with van der Waals surface area (Å²) in [4.78, 5) is 22.1. The smallest absolute Gasteiger partial charge is 0.272 e. The van der Waals surface area contributed by atoms with Gasteiger partial charge in [-0.15, -0.1) is 0 Å². The molecule has 3 aromatic rings. The van der Waals surface area contributed by atoms with Gasteiger partial charge in [-0.05, 0) is 48.4 Å². The van der Waals surface area contributed by atoms with Gasteiger partial charge >= 0.3 is 0 Å². The van der Waals surface area contributed by atoms with Crippen LogP contribution in [0.1, 0.15) is 27.7 Å². The summed E-state index contributed by atoms with van der Waals surface area (Å²) < 4.78 is 15.7. The van der Waals surface area contributed by atoms with Crippen molar-refractivity contribution < 1.29 is 9.18 Å². The summed E-state index contributed by atoms with van der Waals surface area (Å²) in [5, 5.41) is 4.15. The van der Waals surface area contributed by atoms with Crippen LogP contribution < -0.4 is 4.90 Å². The molecule has 2 fully saturated rings. The van der Waals surface area contributed by atoms with Gasteiger partial charge in [0, 0.05) is 50.9 Å². The summed E-state index contributed by atoms with van der Waals surface area (Å²) in [5.41, 5.74) is 2.57. The van der Waals surface area contributed by atoms with E-state index in [-0.39, 0.29) is 23.7 Å². The number of hydrogen-bond acceptors (Lipinski definition) is 4. The Morgan fingerprint density at radius 3 is 2.70 bits per heavy atom. The Morgan fingerprint density at radius 2 is 1.97 bits per heavy atom. The third-order valence-corrected chi connectivity index (χ3v) is 6.38. The average Bonchev–Trinajstić information content (AvgIpc) is 3.41. The number of aromatic nitrogens is 3. The molecule has 1 aromatic carbocycles. The number of halogens is 1. The second kappa shape index (κ2) is 7.23. The van der Waals surface area contributed by atoms with Crippen LogP contribution in [0.2, 0.25) is 0 Å². The first kappa shape index (κ1) is 18.8. The van der Waals surface area contributed by atoms with Crippen LogP contribution in [0.3, 0.4) is 0 Å². The predicted octanol–water partition coefficient (Wildman–Crippen LogP) is 3.21. The topological polar surface area (TPSA) is 54.3 Å². The molecule has 7 heteroatoms. The molecule has 0 spiro atoms. The Kier molecular flexibility index (Phi) is 4.53. The number of benzene rings is 1. The lowest BCUT2D eigenvalue weighted by Crippen LogP contribution is -2.36. The van der Waals surface area contributed by atoms with Gasteiger partial charge in [-0.25, -0.2) is 9.37 Å². The maximum absolute atomic E-state index is 14.1. The summed E-state index contributed by atoms with van der Waals surface area (Å²) in [6.45, 7) is 4.32. The van der Waals surface area contributed by atoms with E-state index in [1.807, 2.05) is 23.2 Å². The van der Waals surface area contributed by atoms with Gasteiger partial charge in [0.1, 0.15) is 17.3 Å². The highest BCUT2D eigenvalue weighted by atomic mass is 19.1. The van der Waals surface area contributed by atoms with Crippen LogP contribution in [0.4, 0.5) is 10.2 Å². The number of carbonyl (C=O) groups is 1. The molecular formula is C23H24FN5O. The van der Waals surface area contributed by atoms with Gasteiger partial charge in [-0.3, -0.25) is 9.48 Å². The number of carbonyl (C=O) groups excluding carboxylic acids is 1. The molecule has 0 N–H and O–H groups in total. The van der Waals surface area contributed by atoms with Gasteiger partial charge in [-0.2, -0.15) is 5.10 Å². The van der Waals surface area contributed by atoms with Crippen molar-refractivity contribution in [3.05, 3.63) is 77.5 Å². The Balaban J connectivity index is 1.49. The normalized spacial score (nSPS) is 23.1. The Morgan fingerprint density at radius 1 is 1.10 bits per heavy atom. The summed E-state index contributed by atoms with van der Waals surface area (Å²) in [5.74, 6) is 1.15. The van der Waals surface area contributed by atoms with E-state index in [0.717, 1.165) is 24.5 Å². The van der Waals surface area contributed by atoms with Crippen molar-refractivity contribution in [2.45, 2.75) is 13.0 Å². The number of nitrogens with zero attached hydrogens (tertiary/aromatic N) is 5. The molecule has 0 unspecified atom stereocenters. The number of fused-ring (bicyclic) bond motifs is 1. The van der Waals surface area contributed by atoms with E-state index in [1.54, 1.807) is 36.1 Å². The van der Waals surface area contributed by atoms with Crippen LogP contribution in [0.25, 0.3) is 0 Å². The zero-order chi connectivity index (χ0) is 20.8. The van der Waals surface area contributed by atoms with Crippen molar-refractivity contribution in [3.8, 4) is 0 Å². The average molecular weight is 405 g/mol. The number of rotatable bonds is 3. The van der Waals surface area contributed by atoms with Crippen molar-refractivity contribution in [2.24, 2.45) is 18.9 Å². The molecule has 30 heavy (non-hydrogen) atoms. The highest BCUT2D eigenvalue weighted by molar-refractivity contribution is 5.93. The first-order valence-electron chi connectivity index (χ1n) is 10.2. The molecule has 0 saturated carbocycles. The van der Waals surface area contributed by atoms with Crippen molar-refractivity contribution in [3.63, 3.8) is 0 Å². The maximum Gasteiger partial charge on any atom is 0.272 e. The number of hydrogen-bond donors (Lipinski definition) is 0. The van der Waals surface area contributed by atoms with Crippen molar-refractivity contribution in [1.82, 2.24) is 19.7 Å². The molecule has 2 aromatic heterocycles. The van der Waals surface area contributed by atoms with Crippen molar-refractivity contribution >= 4 is 11.7 Å². The summed E-state index contributed by atoms with van der Waals surface area (Å²) in [7, 11) is 1.77. The monoisotopic (exact) mass is 405 g/mol. The predicted molar refractivity (Wildman–Crippen MR) is 112 cm³/mol. The molecule has 2 aliphatic rings. The lowest BCUT2D eigenvalue weighted by Gasteiger charge is -2.30. The molecule has 154 valence electrons. The zero-order valence-electron chi connectivity index (χ0n) is 17.1. The van der Waals surface area contributed by atoms with Crippen LogP contribution in [0.5, 0.6) is 0 Å². The fraction of sp³-hybridized carbons (Fsp3) is 0.348. The highest BCUT2D eigenvalue weighted by Crippen LogP contribution is 2.46. The molecule has 2 aliphatic heterocycles. The lowest BCUT2D eigenvalue weighted by molar-refractivity contribution is 0.0704. The van der Waals surface area contributed by atoms with Gasteiger partial charge in [0.2, 0.25) is 0 Å². The molecule has 3 atom stereocenters. The first-order valence-corrected chi connectivity index (χ1v) is 10.2. The molecule has 1 amide bonds. The van der Waals surface area contributed by atoms with E-state index in [2.05, 4.69) is 28.0 Å². The van der Waals surface area contributed by atoms with Gasteiger partial charge in [-0.1, -0.05) is 12.1 Å². The Bertz CT molecular complexity index is 1100. The second-order valence-electron chi connectivity index (χ2n) is 8.32. The molecule has 4 heterocycles. The quantitative estimate of drug-likeness (QED) is 0.672. The van der Waals surface area contributed by atoms with Crippen LogP contribution in [0.15, 0.2) is 54.9 Å². The van der Waals surface area contributed by atoms with Gasteiger partial charge in [0.15, 0.2) is 0 Å². The van der Waals surface area contributed by atoms with Crippen molar-refractivity contribution in [2.75, 3.05) is 24.5 Å². The Hall–Kier alpha value is -3.22. The van der Waals surface area contributed by atoms with Crippen LogP contribution in [0, 0.1) is 24.6 Å². The minimum absolute atomic E-state index is 0.0566. The Labute approximate surface area is 174 Å². The molecule has 5 rings (SSSR count). The van der Waals surface area contributed by atoms with E-state index in [1.165, 1.54) is 11.6 Å². The van der Waals surface area contributed by atoms with E-state index in [4.69, 9.17) is 0 Å². The third kappa shape index (κ3) is 3.14. The maximum atomic E-state index is 14.1. The van der Waals surface area contributed by atoms with Crippen LogP contribution in [-0.2, 0) is 7.05 Å². The summed E-state index contributed by atoms with van der Waals surface area (Å²) in [6.07, 6.45) is 3.47. The number of likely N-dealkylation sites (tertiary alicyclic amines) is 1. The minimum atomic E-state index is -0.279. The van der Waals surface area contributed by atoms with E-state index in [9.17, 15) is 9.18 Å². The van der Waals surface area contributed by atoms with E-state index >= 15 is 0 Å². The van der Waals surface area contributed by atoms with Gasteiger partial charge in [0.25, 0.3) is 5.91 Å². The molecule has 6 nitrogen and oxygen atoms in total. The minimum Gasteiger partial charge on any atom is -0.356 e. The highest BCUT2D eigenvalue weighted by Gasteiger charge is 2.49. The molecule has 0 aliphatic carbocycles. The first-order chi connectivity index (χ1) is 14.5. The van der Waals surface area contributed by atoms with Crippen molar-refractivity contribution in [1.29, 1.82) is 0 Å². The lowest BCUT2D eigenvalue weighted by atomic mass is 9.89. The fourth-order valence-corrected chi connectivity index (χ4v) is 4.98. The molecule has 0 radical (unpaired) electrons. The number of anilines is 1. The standard InChI is InChI=1S/C23H24FN5O/c1-15-6-8-25-21(10-15)28-12-17-13-29(23(30)20-7-9-26-27(20)2)22(19(17)14-28)16-4-3-5-18(24)11-16/h3-11,17,19,22H,12-14H2,1-2H3/t17-,19-,22+/m0/s1. The zero-order valence-corrected chi connectivity index (χ0v) is 17.1. The van der Waals surface area contributed by atoms with E-state index < -0.39 is 0 Å². The largest absolute Gasteiger partial charge is 0.356 e. The number of pyridine rings is 1. The summed E-state index contributed by atoms with van der Waals surface area (Å²) in [6, 6.07) is 12.3. The molecule has 2 saturated heterocycles. The van der Waals surface area contributed by atoms with Gasteiger partial charge < -0.3 is 9.80 Å². The van der Waals surface area contributed by atoms with Crippen LogP contribution in [-0.4, -0.2) is 45.2 Å². The van der Waals surface area contributed by atoms with Gasteiger partial charge in [0.05, 0.1) is 6.04 Å². The number of amides is 1. The summed E-state index contributed by atoms with van der Waals surface area (Å²) >= 11 is 0. The fourth-order valence-electron chi connectivity index (χ4n) is 4.98. The van der Waals surface area contributed by atoms with Crippen LogP contribution >= 0.6 is 0 Å². The second-order valence-corrected chi connectivity index (χ2v) is 8.32. The molecule has 0 bridgehead atoms. The SMILES string of the molecule is Cc1ccnc(N2C[C@H]3CN(C(=O)c4ccnn4C)[C@H](c4cccc(F)c4)[C@H]3C2)c1. The third-order valence-electron chi connectivity index (χ3n) is 6.38. The van der Waals surface area contributed by atoms with E-state index in [0.29, 0.717) is 18.2 Å².